The second-order valence-electron chi connectivity index (χ2n) is 0. The van der Waals surface area contributed by atoms with Crippen LogP contribution in [-0.4, -0.2) is 11.0 Å². The quantitative estimate of drug-likeness (QED) is 0.357. The first-order valence-corrected chi connectivity index (χ1v) is 0.753. The van der Waals surface area contributed by atoms with Gasteiger partial charge >= 0.3 is 21.0 Å². The third-order valence-corrected chi connectivity index (χ3v) is 0. The first kappa shape index (κ1) is 27.6. The number of rotatable bonds is 0. The Labute approximate surface area is 32.8 Å². The molecule has 0 atom stereocenters. The summed E-state index contributed by atoms with van der Waals surface area (Å²) in [6.45, 7) is 0. The molecule has 0 aliphatic rings. The first-order chi connectivity index (χ1) is 1.00. The van der Waals surface area contributed by atoms with Crippen LogP contribution in [0.25, 0.3) is 0 Å². The molecule has 0 aromatic carbocycles. The summed E-state index contributed by atoms with van der Waals surface area (Å²) in [5.74, 6) is 0. The molecule has 0 aliphatic heterocycles. The normalized spacial score (nSPS) is 0.750. The molecular weight excluding hydrogens is 98.9 g/mol. The first-order valence-electron chi connectivity index (χ1n) is 0.183. The summed E-state index contributed by atoms with van der Waals surface area (Å²) in [5, 5.41) is 0. The van der Waals surface area contributed by atoms with Gasteiger partial charge in [-0.25, -0.2) is 0 Å². The van der Waals surface area contributed by atoms with Gasteiger partial charge in [-0.15, -0.1) is 0 Å². The zero-order chi connectivity index (χ0) is 2.00. The SMILES string of the molecule is O.O.[O]=[V]. The van der Waals surface area contributed by atoms with Crippen LogP contribution >= 0.6 is 0 Å². The van der Waals surface area contributed by atoms with Gasteiger partial charge in [-0.3, -0.25) is 0 Å². The van der Waals surface area contributed by atoms with Gasteiger partial charge in [-0.1, -0.05) is 0 Å². The fraction of sp³-hybridized carbons (Fsp3) is 0. The zero-order valence-electron chi connectivity index (χ0n) is 1.86. The Morgan fingerprint density at radius 2 is 1.00 bits per heavy atom. The second-order valence-corrected chi connectivity index (χ2v) is 0. The van der Waals surface area contributed by atoms with E-state index in [1.807, 2.05) is 0 Å². The third kappa shape index (κ3) is 42.3. The van der Waals surface area contributed by atoms with Crippen LogP contribution in [0.15, 0.2) is 0 Å². The van der Waals surface area contributed by atoms with Crippen molar-refractivity contribution in [2.45, 2.75) is 0 Å². The predicted octanol–water partition coefficient (Wildman–Crippen LogP) is -1.77. The molecule has 0 saturated heterocycles. The Balaban J connectivity index is -0.00000000500. The average Bonchev–Trinajstić information content (AvgIpc) is 1.00. The molecule has 4 heteroatoms. The molecule has 4 N–H and O–H groups in total. The molecule has 3 nitrogen and oxygen atoms in total. The Morgan fingerprint density at radius 3 is 1.00 bits per heavy atom. The van der Waals surface area contributed by atoms with Gasteiger partial charge in [0, 0.05) is 0 Å². The maximum atomic E-state index is 8.19. The van der Waals surface area contributed by atoms with E-state index in [-0.39, 0.29) is 11.0 Å². The standard InChI is InChI=1S/2H2O.O.V/h2*1H2;;. The van der Waals surface area contributed by atoms with Crippen molar-refractivity contribution in [3.05, 3.63) is 0 Å². The molecule has 0 saturated carbocycles. The van der Waals surface area contributed by atoms with Crippen molar-refractivity contribution in [3.63, 3.8) is 0 Å². The van der Waals surface area contributed by atoms with Crippen LogP contribution in [0.3, 0.4) is 0 Å². The number of hydrogen-bond acceptors (Lipinski definition) is 1. The summed E-state index contributed by atoms with van der Waals surface area (Å²) in [7, 11) is 0. The summed E-state index contributed by atoms with van der Waals surface area (Å²) in [5.41, 5.74) is 0. The molecule has 0 rings (SSSR count). The van der Waals surface area contributed by atoms with Crippen molar-refractivity contribution in [1.29, 1.82) is 0 Å². The van der Waals surface area contributed by atoms with Gasteiger partial charge in [0.25, 0.3) is 0 Å². The Kier molecular flexibility index (Phi) is 1310. The molecular formula is H4O3V. The predicted molar refractivity (Wildman–Crippen MR) is 7.91 cm³/mol. The van der Waals surface area contributed by atoms with Gasteiger partial charge in [0.15, 0.2) is 0 Å². The molecule has 0 radical (unpaired) electrons. The molecule has 0 aromatic heterocycles. The van der Waals surface area contributed by atoms with Crippen LogP contribution in [0.2, 0.25) is 0 Å². The average molecular weight is 103 g/mol. The van der Waals surface area contributed by atoms with E-state index in [1.165, 1.54) is 0 Å². The summed E-state index contributed by atoms with van der Waals surface area (Å²) in [6, 6.07) is 0. The van der Waals surface area contributed by atoms with Crippen LogP contribution in [0.5, 0.6) is 0 Å². The van der Waals surface area contributed by atoms with Crippen LogP contribution in [0.4, 0.5) is 0 Å². The van der Waals surface area contributed by atoms with E-state index in [9.17, 15) is 0 Å². The molecule has 0 unspecified atom stereocenters. The summed E-state index contributed by atoms with van der Waals surface area (Å²) >= 11 is 1.06. The van der Waals surface area contributed by atoms with Crippen molar-refractivity contribution in [3.8, 4) is 0 Å². The molecule has 27 valence electrons. The minimum absolute atomic E-state index is 0. The van der Waals surface area contributed by atoms with Gasteiger partial charge in [0.2, 0.25) is 0 Å². The van der Waals surface area contributed by atoms with Crippen LogP contribution in [0.1, 0.15) is 0 Å². The minimum atomic E-state index is 0. The van der Waals surface area contributed by atoms with Gasteiger partial charge in [-0.05, 0) is 0 Å². The van der Waals surface area contributed by atoms with Crippen molar-refractivity contribution < 1.29 is 32.0 Å². The van der Waals surface area contributed by atoms with E-state index in [0.717, 1.165) is 17.4 Å². The summed E-state index contributed by atoms with van der Waals surface area (Å²) in [6.07, 6.45) is 0. The van der Waals surface area contributed by atoms with Crippen molar-refractivity contribution in [2.75, 3.05) is 0 Å². The van der Waals surface area contributed by atoms with Crippen molar-refractivity contribution in [1.82, 2.24) is 0 Å². The van der Waals surface area contributed by atoms with Gasteiger partial charge < -0.3 is 11.0 Å². The number of hydrogen-bond donors (Lipinski definition) is 0. The molecule has 0 fully saturated rings. The Hall–Kier alpha value is 0.304. The van der Waals surface area contributed by atoms with Crippen LogP contribution in [0, 0.1) is 0 Å². The van der Waals surface area contributed by atoms with E-state index >= 15 is 0 Å². The zero-order valence-corrected chi connectivity index (χ0v) is 3.25. The van der Waals surface area contributed by atoms with E-state index in [1.54, 1.807) is 0 Å². The van der Waals surface area contributed by atoms with Crippen molar-refractivity contribution in [2.24, 2.45) is 0 Å². The fourth-order valence-corrected chi connectivity index (χ4v) is 0. The van der Waals surface area contributed by atoms with Gasteiger partial charge in [-0.2, -0.15) is 0 Å². The van der Waals surface area contributed by atoms with Crippen molar-refractivity contribution >= 4 is 0 Å². The molecule has 0 aliphatic carbocycles. The van der Waals surface area contributed by atoms with E-state index in [4.69, 9.17) is 3.67 Å². The molecule has 4 heavy (non-hydrogen) atoms. The van der Waals surface area contributed by atoms with E-state index < -0.39 is 0 Å². The molecule has 0 amide bonds. The van der Waals surface area contributed by atoms with Gasteiger partial charge in [0.05, 0.1) is 0 Å². The topological polar surface area (TPSA) is 80.1 Å². The maximum absolute atomic E-state index is 8.19. The molecule has 0 bridgehead atoms. The van der Waals surface area contributed by atoms with E-state index in [2.05, 4.69) is 0 Å². The van der Waals surface area contributed by atoms with Gasteiger partial charge in [0.1, 0.15) is 0 Å². The summed E-state index contributed by atoms with van der Waals surface area (Å²) < 4.78 is 8.19. The summed E-state index contributed by atoms with van der Waals surface area (Å²) in [4.78, 5) is 0. The van der Waals surface area contributed by atoms with E-state index in [0.29, 0.717) is 0 Å². The second kappa shape index (κ2) is 189. The van der Waals surface area contributed by atoms with Crippen LogP contribution < -0.4 is 0 Å². The molecule has 0 spiro atoms. The third-order valence-electron chi connectivity index (χ3n) is 0. The Morgan fingerprint density at radius 1 is 1.00 bits per heavy atom. The fourth-order valence-electron chi connectivity index (χ4n) is 0. The molecule has 0 aromatic rings. The van der Waals surface area contributed by atoms with Crippen LogP contribution in [-0.2, 0) is 21.0 Å². The Bertz CT molecular complexity index is 3.25. The monoisotopic (exact) mass is 103 g/mol. The molecule has 0 heterocycles.